The maximum Gasteiger partial charge on any atom is 0.303 e. The third-order valence-electron chi connectivity index (χ3n) is 2.70. The van der Waals surface area contributed by atoms with Crippen molar-refractivity contribution in [3.8, 4) is 0 Å². The molecule has 0 saturated heterocycles. The van der Waals surface area contributed by atoms with Gasteiger partial charge in [0.25, 0.3) is 0 Å². The summed E-state index contributed by atoms with van der Waals surface area (Å²) >= 11 is 0. The predicted octanol–water partition coefficient (Wildman–Crippen LogP) is 0.961. The van der Waals surface area contributed by atoms with Crippen molar-refractivity contribution in [2.24, 2.45) is 0 Å². The first-order valence-corrected chi connectivity index (χ1v) is 6.27. The predicted molar refractivity (Wildman–Crippen MR) is 70.6 cm³/mol. The maximum atomic E-state index is 11.6. The van der Waals surface area contributed by atoms with Crippen molar-refractivity contribution in [1.29, 1.82) is 0 Å². The Morgan fingerprint density at radius 2 is 1.84 bits per heavy atom. The molecule has 5 nitrogen and oxygen atoms in total. The average molecular weight is 265 g/mol. The summed E-state index contributed by atoms with van der Waals surface area (Å²) in [6, 6.07) is 9.23. The summed E-state index contributed by atoms with van der Waals surface area (Å²) in [7, 11) is 0. The number of aliphatic carboxylic acids is 1. The van der Waals surface area contributed by atoms with Crippen molar-refractivity contribution < 1.29 is 19.8 Å². The van der Waals surface area contributed by atoms with Gasteiger partial charge in [-0.05, 0) is 18.4 Å². The van der Waals surface area contributed by atoms with E-state index in [1.807, 2.05) is 30.3 Å². The van der Waals surface area contributed by atoms with Crippen molar-refractivity contribution in [3.63, 3.8) is 0 Å². The minimum atomic E-state index is -0.907. The Morgan fingerprint density at radius 1 is 1.16 bits per heavy atom. The molecule has 0 fully saturated rings. The van der Waals surface area contributed by atoms with E-state index >= 15 is 0 Å². The van der Waals surface area contributed by atoms with E-state index in [0.717, 1.165) is 5.56 Å². The first-order chi connectivity index (χ1) is 9.11. The molecule has 1 unspecified atom stereocenters. The van der Waals surface area contributed by atoms with Crippen LogP contribution in [0.1, 0.15) is 24.8 Å². The van der Waals surface area contributed by atoms with E-state index in [4.69, 9.17) is 5.11 Å². The smallest absolute Gasteiger partial charge is 0.303 e. The van der Waals surface area contributed by atoms with Gasteiger partial charge >= 0.3 is 5.97 Å². The zero-order valence-corrected chi connectivity index (χ0v) is 10.7. The van der Waals surface area contributed by atoms with Gasteiger partial charge in [-0.25, -0.2) is 0 Å². The Morgan fingerprint density at radius 3 is 2.42 bits per heavy atom. The molecule has 19 heavy (non-hydrogen) atoms. The highest BCUT2D eigenvalue weighted by atomic mass is 16.4. The van der Waals surface area contributed by atoms with E-state index in [1.165, 1.54) is 0 Å². The molecule has 0 spiro atoms. The Kier molecular flexibility index (Phi) is 6.60. The van der Waals surface area contributed by atoms with E-state index in [-0.39, 0.29) is 31.4 Å². The van der Waals surface area contributed by atoms with E-state index in [2.05, 4.69) is 5.32 Å². The summed E-state index contributed by atoms with van der Waals surface area (Å²) < 4.78 is 0. The van der Waals surface area contributed by atoms with E-state index in [1.54, 1.807) is 0 Å². The van der Waals surface area contributed by atoms with E-state index in [9.17, 15) is 14.7 Å². The van der Waals surface area contributed by atoms with Crippen LogP contribution in [0, 0.1) is 0 Å². The number of benzene rings is 1. The largest absolute Gasteiger partial charge is 0.481 e. The molecule has 0 radical (unpaired) electrons. The Bertz CT molecular complexity index is 405. The second kappa shape index (κ2) is 8.26. The Labute approximate surface area is 112 Å². The number of hydrogen-bond acceptors (Lipinski definition) is 3. The lowest BCUT2D eigenvalue weighted by molar-refractivity contribution is -0.137. The van der Waals surface area contributed by atoms with Gasteiger partial charge in [-0.1, -0.05) is 30.3 Å². The molecule has 1 amide bonds. The number of carboxylic acids is 1. The highest BCUT2D eigenvalue weighted by Crippen LogP contribution is 2.04. The van der Waals surface area contributed by atoms with Gasteiger partial charge in [0.05, 0.1) is 12.6 Å². The maximum absolute atomic E-state index is 11.6. The summed E-state index contributed by atoms with van der Waals surface area (Å²) in [4.78, 5) is 21.9. The van der Waals surface area contributed by atoms with Crippen LogP contribution >= 0.6 is 0 Å². The average Bonchev–Trinajstić information content (AvgIpc) is 2.38. The van der Waals surface area contributed by atoms with Crippen molar-refractivity contribution in [3.05, 3.63) is 35.9 Å². The van der Waals surface area contributed by atoms with E-state index in [0.29, 0.717) is 12.8 Å². The van der Waals surface area contributed by atoms with Gasteiger partial charge < -0.3 is 15.5 Å². The zero-order chi connectivity index (χ0) is 14.1. The first-order valence-electron chi connectivity index (χ1n) is 6.27. The lowest BCUT2D eigenvalue weighted by Gasteiger charge is -2.16. The van der Waals surface area contributed by atoms with Crippen LogP contribution in [-0.4, -0.2) is 34.7 Å². The second-order valence-electron chi connectivity index (χ2n) is 4.38. The quantitative estimate of drug-likeness (QED) is 0.653. The van der Waals surface area contributed by atoms with Crippen LogP contribution in [0.3, 0.4) is 0 Å². The molecule has 3 N–H and O–H groups in total. The summed E-state index contributed by atoms with van der Waals surface area (Å²) in [5.74, 6) is -1.13. The van der Waals surface area contributed by atoms with Gasteiger partial charge in [-0.15, -0.1) is 0 Å². The third-order valence-corrected chi connectivity index (χ3v) is 2.70. The number of aliphatic hydroxyl groups is 1. The Balaban J connectivity index is 2.35. The summed E-state index contributed by atoms with van der Waals surface area (Å²) in [6.45, 7) is -0.139. The van der Waals surface area contributed by atoms with Crippen LogP contribution in [0.15, 0.2) is 30.3 Å². The highest BCUT2D eigenvalue weighted by Gasteiger charge is 2.12. The zero-order valence-electron chi connectivity index (χ0n) is 10.7. The second-order valence-corrected chi connectivity index (χ2v) is 4.38. The van der Waals surface area contributed by atoms with Crippen LogP contribution in [-0.2, 0) is 16.0 Å². The minimum Gasteiger partial charge on any atom is -0.481 e. The number of carboxylic acid groups (broad SMARTS) is 1. The number of carbonyl (C=O) groups excluding carboxylic acids is 1. The van der Waals surface area contributed by atoms with Crippen molar-refractivity contribution in [2.75, 3.05) is 6.61 Å². The number of hydrogen-bond donors (Lipinski definition) is 3. The van der Waals surface area contributed by atoms with Crippen LogP contribution in [0.4, 0.5) is 0 Å². The molecule has 104 valence electrons. The fourth-order valence-corrected chi connectivity index (χ4v) is 1.76. The molecule has 0 aliphatic heterocycles. The third kappa shape index (κ3) is 6.57. The number of rotatable bonds is 8. The van der Waals surface area contributed by atoms with Gasteiger partial charge in [0, 0.05) is 12.8 Å². The molecule has 1 aromatic carbocycles. The molecule has 1 aromatic rings. The van der Waals surface area contributed by atoms with Crippen LogP contribution in [0.5, 0.6) is 0 Å². The minimum absolute atomic E-state index is 0.0180. The summed E-state index contributed by atoms with van der Waals surface area (Å²) in [5.41, 5.74) is 1.03. The van der Waals surface area contributed by atoms with Gasteiger partial charge in [-0.2, -0.15) is 0 Å². The SMILES string of the molecule is O=C(O)CCCC(=O)NC(CO)Cc1ccccc1. The summed E-state index contributed by atoms with van der Waals surface area (Å²) in [5, 5.41) is 20.4. The highest BCUT2D eigenvalue weighted by molar-refractivity contribution is 5.77. The van der Waals surface area contributed by atoms with Gasteiger partial charge in [-0.3, -0.25) is 9.59 Å². The molecular weight excluding hydrogens is 246 g/mol. The molecule has 0 heterocycles. The van der Waals surface area contributed by atoms with Gasteiger partial charge in [0.15, 0.2) is 0 Å². The molecule has 0 aliphatic rings. The first kappa shape index (κ1) is 15.2. The fraction of sp³-hybridized carbons (Fsp3) is 0.429. The lowest BCUT2D eigenvalue weighted by atomic mass is 10.1. The standard InChI is InChI=1S/C14H19NO4/c16-10-12(9-11-5-2-1-3-6-11)15-13(17)7-4-8-14(18)19/h1-3,5-6,12,16H,4,7-10H2,(H,15,17)(H,18,19). The van der Waals surface area contributed by atoms with Crippen molar-refractivity contribution in [1.82, 2.24) is 5.32 Å². The number of nitrogens with one attached hydrogen (secondary N) is 1. The molecule has 0 saturated carbocycles. The molecule has 0 aromatic heterocycles. The van der Waals surface area contributed by atoms with Crippen LogP contribution in [0.2, 0.25) is 0 Å². The fourth-order valence-electron chi connectivity index (χ4n) is 1.76. The number of amides is 1. The lowest BCUT2D eigenvalue weighted by Crippen LogP contribution is -2.39. The molecule has 1 rings (SSSR count). The van der Waals surface area contributed by atoms with Crippen molar-refractivity contribution in [2.45, 2.75) is 31.7 Å². The number of aliphatic hydroxyl groups excluding tert-OH is 1. The molecule has 0 aliphatic carbocycles. The monoisotopic (exact) mass is 265 g/mol. The molecular formula is C14H19NO4. The van der Waals surface area contributed by atoms with Crippen LogP contribution < -0.4 is 5.32 Å². The van der Waals surface area contributed by atoms with E-state index < -0.39 is 5.97 Å². The molecule has 0 bridgehead atoms. The summed E-state index contributed by atoms with van der Waals surface area (Å²) in [6.07, 6.45) is 1.01. The van der Waals surface area contributed by atoms with Crippen molar-refractivity contribution >= 4 is 11.9 Å². The Hall–Kier alpha value is -1.88. The molecule has 1 atom stereocenters. The topological polar surface area (TPSA) is 86.6 Å². The normalized spacial score (nSPS) is 11.8. The van der Waals surface area contributed by atoms with Crippen LogP contribution in [0.25, 0.3) is 0 Å². The number of carbonyl (C=O) groups is 2. The van der Waals surface area contributed by atoms with Gasteiger partial charge in [0.1, 0.15) is 0 Å². The van der Waals surface area contributed by atoms with Gasteiger partial charge in [0.2, 0.25) is 5.91 Å². The molecule has 5 heteroatoms.